The third-order valence-electron chi connectivity index (χ3n) is 2.83. The Morgan fingerprint density at radius 3 is 2.75 bits per heavy atom. The van der Waals surface area contributed by atoms with Crippen molar-refractivity contribution in [3.8, 4) is 5.69 Å². The molecule has 2 aromatic rings. The second-order valence-electron chi connectivity index (χ2n) is 4.07. The minimum Gasteiger partial charge on any atom is -0.296 e. The van der Waals surface area contributed by atoms with Gasteiger partial charge in [0.2, 0.25) is 0 Å². The van der Waals surface area contributed by atoms with Gasteiger partial charge in [0.05, 0.1) is 5.69 Å². The number of halogens is 1. The van der Waals surface area contributed by atoms with E-state index in [0.29, 0.717) is 6.04 Å². The van der Waals surface area contributed by atoms with Crippen LogP contribution in [0.25, 0.3) is 5.69 Å². The molecule has 1 aromatic carbocycles. The van der Waals surface area contributed by atoms with Crippen molar-refractivity contribution in [2.75, 3.05) is 0 Å². The number of rotatable bonds is 2. The van der Waals surface area contributed by atoms with Crippen LogP contribution in [-0.4, -0.2) is 9.13 Å². The van der Waals surface area contributed by atoms with E-state index in [0.717, 1.165) is 23.0 Å². The second kappa shape index (κ2) is 3.63. The van der Waals surface area contributed by atoms with Gasteiger partial charge in [-0.05, 0) is 31.0 Å². The van der Waals surface area contributed by atoms with Crippen LogP contribution < -0.4 is 5.69 Å². The first-order valence-corrected chi connectivity index (χ1v) is 6.10. The van der Waals surface area contributed by atoms with Crippen LogP contribution in [0.5, 0.6) is 0 Å². The van der Waals surface area contributed by atoms with Gasteiger partial charge in [0.1, 0.15) is 0 Å². The molecule has 1 saturated carbocycles. The van der Waals surface area contributed by atoms with Crippen molar-refractivity contribution in [2.45, 2.75) is 18.9 Å². The molecule has 0 aliphatic heterocycles. The Bertz CT molecular complexity index is 581. The van der Waals surface area contributed by atoms with Crippen molar-refractivity contribution in [1.29, 1.82) is 0 Å². The molecule has 0 saturated heterocycles. The van der Waals surface area contributed by atoms with Crippen LogP contribution in [-0.2, 0) is 0 Å². The van der Waals surface area contributed by atoms with Crippen LogP contribution in [0.15, 0.2) is 45.9 Å². The molecule has 4 heteroatoms. The molecule has 16 heavy (non-hydrogen) atoms. The van der Waals surface area contributed by atoms with Crippen LogP contribution >= 0.6 is 15.9 Å². The van der Waals surface area contributed by atoms with Crippen molar-refractivity contribution < 1.29 is 0 Å². The molecule has 0 atom stereocenters. The maximum Gasteiger partial charge on any atom is 0.332 e. The number of hydrogen-bond acceptors (Lipinski definition) is 1. The molecule has 0 bridgehead atoms. The lowest BCUT2D eigenvalue weighted by Crippen LogP contribution is -2.22. The molecular weight excluding hydrogens is 268 g/mol. The van der Waals surface area contributed by atoms with E-state index in [1.165, 1.54) is 0 Å². The zero-order valence-corrected chi connectivity index (χ0v) is 10.2. The summed E-state index contributed by atoms with van der Waals surface area (Å²) in [4.78, 5) is 12.1. The minimum atomic E-state index is 0.0561. The Labute approximate surface area is 101 Å². The largest absolute Gasteiger partial charge is 0.332 e. The fraction of sp³-hybridized carbons (Fsp3) is 0.250. The SMILES string of the molecule is O=c1n(-c2cccc(Br)c2)ccn1C1CC1. The molecule has 1 aliphatic carbocycles. The van der Waals surface area contributed by atoms with E-state index in [1.54, 1.807) is 4.57 Å². The topological polar surface area (TPSA) is 26.9 Å². The van der Waals surface area contributed by atoms with E-state index >= 15 is 0 Å². The lowest BCUT2D eigenvalue weighted by molar-refractivity contribution is 0.695. The number of hydrogen-bond donors (Lipinski definition) is 0. The number of aromatic nitrogens is 2. The van der Waals surface area contributed by atoms with Gasteiger partial charge in [-0.15, -0.1) is 0 Å². The molecule has 0 radical (unpaired) electrons. The number of benzene rings is 1. The first-order valence-electron chi connectivity index (χ1n) is 5.31. The smallest absolute Gasteiger partial charge is 0.296 e. The lowest BCUT2D eigenvalue weighted by atomic mass is 10.3. The van der Waals surface area contributed by atoms with Gasteiger partial charge in [0.25, 0.3) is 0 Å². The van der Waals surface area contributed by atoms with Gasteiger partial charge >= 0.3 is 5.69 Å². The summed E-state index contributed by atoms with van der Waals surface area (Å²) in [6.07, 6.45) is 5.97. The number of nitrogens with zero attached hydrogens (tertiary/aromatic N) is 2. The van der Waals surface area contributed by atoms with Gasteiger partial charge in [0, 0.05) is 22.9 Å². The zero-order chi connectivity index (χ0) is 11.1. The summed E-state index contributed by atoms with van der Waals surface area (Å²) in [5.41, 5.74) is 0.958. The molecule has 1 heterocycles. The third kappa shape index (κ3) is 1.63. The van der Waals surface area contributed by atoms with Gasteiger partial charge in [0.15, 0.2) is 0 Å². The zero-order valence-electron chi connectivity index (χ0n) is 8.64. The third-order valence-corrected chi connectivity index (χ3v) is 3.32. The predicted molar refractivity (Wildman–Crippen MR) is 66.0 cm³/mol. The number of imidazole rings is 1. The highest BCUT2D eigenvalue weighted by Gasteiger charge is 2.25. The van der Waals surface area contributed by atoms with Crippen molar-refractivity contribution in [1.82, 2.24) is 9.13 Å². The molecule has 1 fully saturated rings. The van der Waals surface area contributed by atoms with Crippen LogP contribution in [0.1, 0.15) is 18.9 Å². The van der Waals surface area contributed by atoms with E-state index < -0.39 is 0 Å². The molecular formula is C12H11BrN2O. The summed E-state index contributed by atoms with van der Waals surface area (Å²) >= 11 is 3.41. The Hall–Kier alpha value is -1.29. The Balaban J connectivity index is 2.09. The lowest BCUT2D eigenvalue weighted by Gasteiger charge is -2.01. The van der Waals surface area contributed by atoms with Crippen molar-refractivity contribution in [3.05, 3.63) is 51.6 Å². The average Bonchev–Trinajstić information content (AvgIpc) is 3.03. The molecule has 0 amide bonds. The van der Waals surface area contributed by atoms with Crippen LogP contribution in [0.3, 0.4) is 0 Å². The standard InChI is InChI=1S/C12H11BrN2O/c13-9-2-1-3-11(8-9)15-7-6-14(12(15)16)10-4-5-10/h1-3,6-8,10H,4-5H2. The first-order chi connectivity index (χ1) is 7.75. The van der Waals surface area contributed by atoms with E-state index in [4.69, 9.17) is 0 Å². The predicted octanol–water partition coefficient (Wildman–Crippen LogP) is 2.74. The summed E-state index contributed by atoms with van der Waals surface area (Å²) in [6, 6.07) is 8.19. The molecule has 1 aromatic heterocycles. The van der Waals surface area contributed by atoms with E-state index in [-0.39, 0.29) is 5.69 Å². The molecule has 1 aliphatic rings. The van der Waals surface area contributed by atoms with Gasteiger partial charge < -0.3 is 0 Å². The molecule has 0 N–H and O–H groups in total. The summed E-state index contributed by atoms with van der Waals surface area (Å²) in [5.74, 6) is 0. The van der Waals surface area contributed by atoms with Crippen LogP contribution in [0.4, 0.5) is 0 Å². The normalized spacial score (nSPS) is 15.3. The van der Waals surface area contributed by atoms with E-state index in [1.807, 2.05) is 41.2 Å². The van der Waals surface area contributed by atoms with Gasteiger partial charge in [-0.1, -0.05) is 22.0 Å². The maximum atomic E-state index is 12.1. The van der Waals surface area contributed by atoms with Crippen LogP contribution in [0.2, 0.25) is 0 Å². The molecule has 3 rings (SSSR count). The summed E-state index contributed by atoms with van der Waals surface area (Å²) < 4.78 is 4.49. The summed E-state index contributed by atoms with van der Waals surface area (Å²) in [5, 5.41) is 0. The molecule has 0 unspecified atom stereocenters. The van der Waals surface area contributed by atoms with Crippen molar-refractivity contribution in [3.63, 3.8) is 0 Å². The van der Waals surface area contributed by atoms with E-state index in [2.05, 4.69) is 15.9 Å². The van der Waals surface area contributed by atoms with Gasteiger partial charge in [-0.2, -0.15) is 0 Å². The van der Waals surface area contributed by atoms with Gasteiger partial charge in [-0.25, -0.2) is 4.79 Å². The highest BCUT2D eigenvalue weighted by molar-refractivity contribution is 9.10. The fourth-order valence-corrected chi connectivity index (χ4v) is 2.23. The van der Waals surface area contributed by atoms with E-state index in [9.17, 15) is 4.79 Å². The Morgan fingerprint density at radius 1 is 1.25 bits per heavy atom. The average molecular weight is 279 g/mol. The highest BCUT2D eigenvalue weighted by atomic mass is 79.9. The molecule has 82 valence electrons. The van der Waals surface area contributed by atoms with Crippen molar-refractivity contribution in [2.24, 2.45) is 0 Å². The Morgan fingerprint density at radius 2 is 2.06 bits per heavy atom. The first kappa shape index (κ1) is 9.90. The van der Waals surface area contributed by atoms with Gasteiger partial charge in [-0.3, -0.25) is 9.13 Å². The summed E-state index contributed by atoms with van der Waals surface area (Å²) in [7, 11) is 0. The van der Waals surface area contributed by atoms with Crippen molar-refractivity contribution >= 4 is 15.9 Å². The summed E-state index contributed by atoms with van der Waals surface area (Å²) in [6.45, 7) is 0. The quantitative estimate of drug-likeness (QED) is 0.830. The fourth-order valence-electron chi connectivity index (χ4n) is 1.84. The minimum absolute atomic E-state index is 0.0561. The highest BCUT2D eigenvalue weighted by Crippen LogP contribution is 2.33. The second-order valence-corrected chi connectivity index (χ2v) is 4.98. The monoisotopic (exact) mass is 278 g/mol. The van der Waals surface area contributed by atoms with Crippen LogP contribution in [0, 0.1) is 0 Å². The molecule has 3 nitrogen and oxygen atoms in total. The molecule has 0 spiro atoms. The maximum absolute atomic E-state index is 12.1. The Kier molecular flexibility index (Phi) is 2.24.